The number of nitrogens with one attached hydrogen (secondary N) is 1. The van der Waals surface area contributed by atoms with Gasteiger partial charge >= 0.3 is 0 Å². The van der Waals surface area contributed by atoms with Crippen LogP contribution in [0.15, 0.2) is 36.5 Å². The molecule has 5 rings (SSSR count). The molecule has 3 heterocycles. The van der Waals surface area contributed by atoms with Gasteiger partial charge in [-0.1, -0.05) is 0 Å². The summed E-state index contributed by atoms with van der Waals surface area (Å²) in [5.41, 5.74) is 1.22. The summed E-state index contributed by atoms with van der Waals surface area (Å²) in [5.74, 6) is 0.298. The first-order chi connectivity index (χ1) is 16.0. The number of alkyl halides is 1. The number of benzene rings is 1. The van der Waals surface area contributed by atoms with Crippen LogP contribution >= 0.6 is 0 Å². The lowest BCUT2D eigenvalue weighted by molar-refractivity contribution is 0.148. The summed E-state index contributed by atoms with van der Waals surface area (Å²) in [4.78, 5) is 2.12. The lowest BCUT2D eigenvalue weighted by atomic mass is 9.90. The molecule has 10 heteroatoms. The predicted octanol–water partition coefficient (Wildman–Crippen LogP) is 3.12. The minimum absolute atomic E-state index is 0.124. The van der Waals surface area contributed by atoms with E-state index in [-0.39, 0.29) is 28.8 Å². The molecule has 0 radical (unpaired) electrons. The Labute approximate surface area is 189 Å². The molecule has 8 nitrogen and oxygen atoms in total. The van der Waals surface area contributed by atoms with Crippen LogP contribution in [0.25, 0.3) is 22.4 Å². The van der Waals surface area contributed by atoms with E-state index in [1.807, 2.05) is 6.07 Å². The largest absolute Gasteiger partial charge is 0.507 e. The van der Waals surface area contributed by atoms with Crippen LogP contribution in [0.5, 0.6) is 11.6 Å². The fourth-order valence-corrected chi connectivity index (χ4v) is 4.34. The van der Waals surface area contributed by atoms with E-state index in [9.17, 15) is 13.9 Å². The van der Waals surface area contributed by atoms with Crippen LogP contribution in [0.3, 0.4) is 0 Å². The molecule has 172 valence electrons. The highest BCUT2D eigenvalue weighted by Gasteiger charge is 2.33. The second kappa shape index (κ2) is 8.86. The third kappa shape index (κ3) is 4.43. The molecule has 3 aromatic rings. The smallest absolute Gasteiger partial charge is 0.233 e. The van der Waals surface area contributed by atoms with Gasteiger partial charge in [-0.15, -0.1) is 15.3 Å². The first kappa shape index (κ1) is 21.4. The Balaban J connectivity index is 1.30. The van der Waals surface area contributed by atoms with E-state index >= 15 is 0 Å². The van der Waals surface area contributed by atoms with E-state index in [1.54, 1.807) is 6.07 Å². The lowest BCUT2D eigenvalue weighted by Gasteiger charge is -2.33. The zero-order chi connectivity index (χ0) is 22.9. The van der Waals surface area contributed by atoms with Gasteiger partial charge in [-0.2, -0.15) is 5.10 Å². The number of phenolic OH excluding ortho intramolecular Hbond substituents is 1. The number of nitrogens with zero attached hydrogens (tertiary/aromatic N) is 5. The molecule has 0 bridgehead atoms. The summed E-state index contributed by atoms with van der Waals surface area (Å²) >= 11 is 0. The van der Waals surface area contributed by atoms with Crippen LogP contribution in [0.1, 0.15) is 19.3 Å². The molecule has 33 heavy (non-hydrogen) atoms. The van der Waals surface area contributed by atoms with Crippen molar-refractivity contribution >= 4 is 5.82 Å². The monoisotopic (exact) mass is 454 g/mol. The third-order valence-electron chi connectivity index (χ3n) is 6.23. The number of phenols is 1. The van der Waals surface area contributed by atoms with Gasteiger partial charge in [0.25, 0.3) is 0 Å². The summed E-state index contributed by atoms with van der Waals surface area (Å²) in [6.45, 7) is 1.61. The van der Waals surface area contributed by atoms with Gasteiger partial charge in [0.1, 0.15) is 17.7 Å². The van der Waals surface area contributed by atoms with Crippen molar-refractivity contribution in [3.8, 4) is 34.0 Å². The number of hydrogen-bond donors (Lipinski definition) is 2. The van der Waals surface area contributed by atoms with Gasteiger partial charge in [-0.25, -0.2) is 8.78 Å². The lowest BCUT2D eigenvalue weighted by Crippen LogP contribution is -2.48. The number of rotatable bonds is 6. The van der Waals surface area contributed by atoms with Crippen LogP contribution in [0.2, 0.25) is 0 Å². The number of hydrogen-bond acceptors (Lipinski definition) is 8. The van der Waals surface area contributed by atoms with Crippen molar-refractivity contribution in [3.63, 3.8) is 0 Å². The Bertz CT molecular complexity index is 1140. The molecule has 1 unspecified atom stereocenters. The minimum atomic E-state index is -0.669. The van der Waals surface area contributed by atoms with E-state index in [1.165, 1.54) is 31.5 Å². The Morgan fingerprint density at radius 1 is 1.09 bits per heavy atom. The summed E-state index contributed by atoms with van der Waals surface area (Å²) < 4.78 is 32.9. The van der Waals surface area contributed by atoms with Gasteiger partial charge in [-0.3, -0.25) is 0 Å². The van der Waals surface area contributed by atoms with Crippen molar-refractivity contribution in [2.75, 3.05) is 25.1 Å². The average molecular weight is 454 g/mol. The fraction of sp³-hybridized carbons (Fsp3) is 0.391. The van der Waals surface area contributed by atoms with E-state index in [0.29, 0.717) is 36.0 Å². The first-order valence-electron chi connectivity index (χ1n) is 10.9. The zero-order valence-electron chi connectivity index (χ0n) is 18.1. The Hall–Kier alpha value is -3.40. The second-order valence-electron chi connectivity index (χ2n) is 8.48. The topological polar surface area (TPSA) is 96.3 Å². The maximum Gasteiger partial charge on any atom is 0.233 e. The highest BCUT2D eigenvalue weighted by molar-refractivity contribution is 5.75. The third-order valence-corrected chi connectivity index (χ3v) is 6.23. The van der Waals surface area contributed by atoms with Crippen molar-refractivity contribution in [1.82, 2.24) is 25.7 Å². The normalized spacial score (nSPS) is 22.3. The summed E-state index contributed by atoms with van der Waals surface area (Å²) in [6, 6.07) is 8.20. The van der Waals surface area contributed by atoms with Crippen molar-refractivity contribution in [3.05, 3.63) is 42.3 Å². The van der Waals surface area contributed by atoms with E-state index in [2.05, 4.69) is 30.6 Å². The Kier molecular flexibility index (Phi) is 5.76. The van der Waals surface area contributed by atoms with E-state index < -0.39 is 12.0 Å². The molecule has 1 aromatic carbocycles. The minimum Gasteiger partial charge on any atom is -0.507 e. The van der Waals surface area contributed by atoms with Crippen LogP contribution in [0.4, 0.5) is 14.6 Å². The van der Waals surface area contributed by atoms with Crippen LogP contribution in [0, 0.1) is 5.82 Å². The van der Waals surface area contributed by atoms with Crippen molar-refractivity contribution in [2.24, 2.45) is 0 Å². The second-order valence-corrected chi connectivity index (χ2v) is 8.48. The molecular weight excluding hydrogens is 430 g/mol. The van der Waals surface area contributed by atoms with E-state index in [0.717, 1.165) is 19.5 Å². The van der Waals surface area contributed by atoms with Gasteiger partial charge in [0.15, 0.2) is 5.82 Å². The molecule has 2 aromatic heterocycles. The van der Waals surface area contributed by atoms with Crippen molar-refractivity contribution in [1.29, 1.82) is 0 Å². The van der Waals surface area contributed by atoms with E-state index in [4.69, 9.17) is 4.74 Å². The molecule has 1 atom stereocenters. The van der Waals surface area contributed by atoms with Gasteiger partial charge in [-0.05, 0) is 43.5 Å². The molecule has 2 fully saturated rings. The summed E-state index contributed by atoms with van der Waals surface area (Å²) in [7, 11) is 1.45. The number of anilines is 1. The number of halogens is 2. The highest BCUT2D eigenvalue weighted by atomic mass is 19.1. The van der Waals surface area contributed by atoms with Gasteiger partial charge in [0, 0.05) is 47.9 Å². The van der Waals surface area contributed by atoms with Crippen molar-refractivity contribution < 1.29 is 18.6 Å². The van der Waals surface area contributed by atoms with Crippen LogP contribution in [-0.2, 0) is 0 Å². The molecule has 1 aliphatic carbocycles. The predicted molar refractivity (Wildman–Crippen MR) is 118 cm³/mol. The number of ether oxygens (including phenoxy) is 1. The summed E-state index contributed by atoms with van der Waals surface area (Å²) in [5, 5.41) is 30.1. The van der Waals surface area contributed by atoms with Gasteiger partial charge < -0.3 is 20.1 Å². The first-order valence-corrected chi connectivity index (χ1v) is 10.9. The fourth-order valence-electron chi connectivity index (χ4n) is 4.34. The molecule has 0 spiro atoms. The molecule has 0 amide bonds. The summed E-state index contributed by atoms with van der Waals surface area (Å²) in [6.07, 6.45) is 2.87. The molecule has 2 aliphatic rings. The standard InChI is InChI=1S/C23H24F2N6O2/c1-33-23-6-13(11-26-30-23)17-10-21(32)18(9-19(17)25)20-2-3-22(29-28-20)31-5-4-15(12-31)27-16-7-14(24)8-16/h2-3,6,9-11,14-16,27,32H,4-5,7-8,12H2,1H3. The maximum atomic E-state index is 14.9. The Morgan fingerprint density at radius 3 is 2.67 bits per heavy atom. The molecule has 1 aliphatic heterocycles. The number of methoxy groups -OCH3 is 1. The maximum absolute atomic E-state index is 14.9. The molecule has 2 N–H and O–H groups in total. The Morgan fingerprint density at radius 2 is 1.94 bits per heavy atom. The van der Waals surface area contributed by atoms with Gasteiger partial charge in [0.05, 0.1) is 19.0 Å². The molecular formula is C23H24F2N6O2. The van der Waals surface area contributed by atoms with Crippen LogP contribution < -0.4 is 15.0 Å². The van der Waals surface area contributed by atoms with Crippen LogP contribution in [-0.4, -0.2) is 64.0 Å². The van der Waals surface area contributed by atoms with Crippen molar-refractivity contribution in [2.45, 2.75) is 37.5 Å². The zero-order valence-corrected chi connectivity index (χ0v) is 18.1. The quantitative estimate of drug-likeness (QED) is 0.587. The van der Waals surface area contributed by atoms with Gasteiger partial charge in [0.2, 0.25) is 5.88 Å². The molecule has 1 saturated heterocycles. The highest BCUT2D eigenvalue weighted by Crippen LogP contribution is 2.35. The average Bonchev–Trinajstić information content (AvgIpc) is 3.28. The SMILES string of the molecule is COc1cc(-c2cc(O)c(-c3ccc(N4CCC(NC5CC(F)C5)C4)nn3)cc2F)cnn1. The molecule has 1 saturated carbocycles. The number of aromatic nitrogens is 4. The number of aromatic hydroxyl groups is 1.